The summed E-state index contributed by atoms with van der Waals surface area (Å²) in [6.07, 6.45) is 1.00. The number of imide groups is 1. The predicted octanol–water partition coefficient (Wildman–Crippen LogP) is 3.39. The maximum atomic E-state index is 13.6. The molecule has 0 heterocycles. The number of Topliss-reactive ketones (excluding diaryl/α,β-unsaturated/α-hetero) is 1. The number of aliphatic carboxylic acids is 1. The Hall–Kier alpha value is -5.04. The fourth-order valence-electron chi connectivity index (χ4n) is 4.59. The molecule has 0 radical (unpaired) electrons. The van der Waals surface area contributed by atoms with Crippen molar-refractivity contribution in [1.29, 1.82) is 0 Å². The molecule has 6 N–H and O–H groups in total. The Balaban J connectivity index is 2.32. The molecule has 0 saturated carbocycles. The number of amides is 4. The molecule has 0 aliphatic carbocycles. The zero-order valence-corrected chi connectivity index (χ0v) is 27.8. The van der Waals surface area contributed by atoms with E-state index < -0.39 is 66.7 Å². The number of ketones is 1. The molecule has 3 atom stereocenters. The maximum Gasteiger partial charge on any atom is 0.417 e. The number of hydrogen-bond donors (Lipinski definition) is 5. The van der Waals surface area contributed by atoms with E-state index in [-0.39, 0.29) is 37.0 Å². The van der Waals surface area contributed by atoms with Gasteiger partial charge in [-0.25, -0.2) is 9.69 Å². The van der Waals surface area contributed by atoms with Crippen molar-refractivity contribution in [2.75, 3.05) is 6.54 Å². The Morgan fingerprint density at radius 2 is 1.46 bits per heavy atom. The van der Waals surface area contributed by atoms with Crippen molar-refractivity contribution in [3.8, 4) is 5.75 Å². The number of carboxylic acids is 1. The van der Waals surface area contributed by atoms with E-state index >= 15 is 0 Å². The summed E-state index contributed by atoms with van der Waals surface area (Å²) < 4.78 is 5.32. The van der Waals surface area contributed by atoms with E-state index in [1.54, 1.807) is 30.3 Å². The van der Waals surface area contributed by atoms with Gasteiger partial charge in [-0.1, -0.05) is 70.2 Å². The molecule has 13 heteroatoms. The molecule has 2 aromatic rings. The zero-order valence-electron chi connectivity index (χ0n) is 27.8. The lowest BCUT2D eigenvalue weighted by molar-refractivity contribution is -0.138. The molecule has 0 aliphatic heterocycles. The first-order valence-electron chi connectivity index (χ1n) is 15.8. The number of carbonyl (C=O) groups excluding carboxylic acids is 5. The average Bonchev–Trinajstić information content (AvgIpc) is 3.03. The number of phenolic OH excluding ortho intramolecular Hbond substituents is 1. The van der Waals surface area contributed by atoms with Gasteiger partial charge in [0.1, 0.15) is 18.4 Å². The first kappa shape index (κ1) is 39.1. The third kappa shape index (κ3) is 14.2. The van der Waals surface area contributed by atoms with Gasteiger partial charge in [0, 0.05) is 12.5 Å². The van der Waals surface area contributed by atoms with E-state index in [1.807, 2.05) is 27.7 Å². The lowest BCUT2D eigenvalue weighted by Gasteiger charge is -2.26. The minimum Gasteiger partial charge on any atom is -0.508 e. The third-order valence-electron chi connectivity index (χ3n) is 7.07. The molecule has 0 aromatic heterocycles. The van der Waals surface area contributed by atoms with E-state index in [4.69, 9.17) is 10.5 Å². The van der Waals surface area contributed by atoms with Crippen LogP contribution in [0.2, 0.25) is 0 Å². The summed E-state index contributed by atoms with van der Waals surface area (Å²) in [5.74, 6) is -4.18. The number of aromatic hydroxyl groups is 1. The molecule has 0 aliphatic rings. The van der Waals surface area contributed by atoms with E-state index in [2.05, 4.69) is 10.6 Å². The number of rotatable bonds is 18. The SMILES string of the molecule is CC(C)C[C@H](NC(=O)[C@@H](N)CC(C)C)C(=O)N[C@@H](CCC(=O)O)C(=O)CN(C(=O)C=Cc1ccc(O)cc1)C(=O)OCc1ccccc1. The summed E-state index contributed by atoms with van der Waals surface area (Å²) in [6, 6.07) is 11.1. The number of nitrogens with zero attached hydrogens (tertiary/aromatic N) is 1. The molecule has 13 nitrogen and oxygen atoms in total. The molecule has 260 valence electrons. The molecule has 2 aromatic carbocycles. The smallest absolute Gasteiger partial charge is 0.417 e. The minimum atomic E-state index is -1.43. The van der Waals surface area contributed by atoms with Gasteiger partial charge in [-0.05, 0) is 60.4 Å². The van der Waals surface area contributed by atoms with E-state index in [1.165, 1.54) is 30.3 Å². The van der Waals surface area contributed by atoms with E-state index in [0.29, 0.717) is 22.4 Å². The largest absolute Gasteiger partial charge is 0.508 e. The van der Waals surface area contributed by atoms with Crippen LogP contribution in [0.15, 0.2) is 60.7 Å². The van der Waals surface area contributed by atoms with Crippen molar-refractivity contribution in [3.63, 3.8) is 0 Å². The molecule has 0 bridgehead atoms. The van der Waals surface area contributed by atoms with Gasteiger partial charge in [0.25, 0.3) is 5.91 Å². The quantitative estimate of drug-likeness (QED) is 0.147. The van der Waals surface area contributed by atoms with Crippen LogP contribution in [-0.2, 0) is 35.3 Å². The third-order valence-corrected chi connectivity index (χ3v) is 7.07. The van der Waals surface area contributed by atoms with Crippen molar-refractivity contribution in [1.82, 2.24) is 15.5 Å². The topological polar surface area (TPSA) is 205 Å². The lowest BCUT2D eigenvalue weighted by atomic mass is 9.99. The summed E-state index contributed by atoms with van der Waals surface area (Å²) in [6.45, 7) is 6.43. The van der Waals surface area contributed by atoms with Crippen molar-refractivity contribution in [2.24, 2.45) is 17.6 Å². The Morgan fingerprint density at radius 1 is 0.854 bits per heavy atom. The number of nitrogens with two attached hydrogens (primary N) is 1. The Labute approximate surface area is 280 Å². The Morgan fingerprint density at radius 3 is 2.04 bits per heavy atom. The van der Waals surface area contributed by atoms with Crippen molar-refractivity contribution >= 4 is 41.6 Å². The van der Waals surface area contributed by atoms with Crippen LogP contribution in [-0.4, -0.2) is 75.4 Å². The van der Waals surface area contributed by atoms with Crippen LogP contribution < -0.4 is 16.4 Å². The highest BCUT2D eigenvalue weighted by molar-refractivity contribution is 6.05. The van der Waals surface area contributed by atoms with Gasteiger partial charge >= 0.3 is 12.1 Å². The van der Waals surface area contributed by atoms with Crippen LogP contribution >= 0.6 is 0 Å². The van der Waals surface area contributed by atoms with Gasteiger partial charge in [-0.3, -0.25) is 24.0 Å². The molecule has 0 spiro atoms. The number of benzene rings is 2. The number of nitrogens with one attached hydrogen (secondary N) is 2. The van der Waals surface area contributed by atoms with E-state index in [0.717, 1.165) is 6.08 Å². The molecule has 2 rings (SSSR count). The number of carboxylic acid groups (broad SMARTS) is 1. The second-order valence-corrected chi connectivity index (χ2v) is 12.3. The van der Waals surface area contributed by atoms with Crippen LogP contribution in [0.3, 0.4) is 0 Å². The number of ether oxygens (including phenoxy) is 1. The van der Waals surface area contributed by atoms with Crippen LogP contribution in [0.5, 0.6) is 5.75 Å². The summed E-state index contributed by atoms with van der Waals surface area (Å²) >= 11 is 0. The molecule has 0 unspecified atom stereocenters. The Bertz CT molecular complexity index is 1430. The molecule has 4 amide bonds. The van der Waals surface area contributed by atoms with Crippen molar-refractivity contribution in [3.05, 3.63) is 71.8 Å². The number of phenols is 1. The number of hydrogen-bond acceptors (Lipinski definition) is 9. The van der Waals surface area contributed by atoms with Crippen LogP contribution in [0, 0.1) is 11.8 Å². The van der Waals surface area contributed by atoms with Crippen molar-refractivity contribution < 1.29 is 43.7 Å². The van der Waals surface area contributed by atoms with Crippen LogP contribution in [0.25, 0.3) is 6.08 Å². The standard InChI is InChI=1S/C35H46N4O9/c1-22(2)18-27(36)33(45)38-29(19-23(3)4)34(46)37-28(15-17-32(43)44)30(41)20-39(35(47)48-21-25-8-6-5-7-9-25)31(42)16-12-24-10-13-26(40)14-11-24/h5-14,16,22-23,27-29,40H,15,17-21,36H2,1-4H3,(H,37,46)(H,38,45)(H,43,44)/t27-,28-,29-/m0/s1. The highest BCUT2D eigenvalue weighted by Crippen LogP contribution is 2.13. The molecule has 0 saturated heterocycles. The van der Waals surface area contributed by atoms with Gasteiger partial charge in [0.15, 0.2) is 5.78 Å². The first-order chi connectivity index (χ1) is 22.7. The second-order valence-electron chi connectivity index (χ2n) is 12.3. The van der Waals surface area contributed by atoms with E-state index in [9.17, 15) is 39.0 Å². The average molecular weight is 667 g/mol. The summed E-state index contributed by atoms with van der Waals surface area (Å²) in [4.78, 5) is 78.3. The van der Waals surface area contributed by atoms with Gasteiger partial charge in [-0.2, -0.15) is 0 Å². The second kappa shape index (κ2) is 19.6. The normalized spacial score (nSPS) is 13.1. The molecule has 48 heavy (non-hydrogen) atoms. The Kier molecular flexibility index (Phi) is 16.0. The first-order valence-corrected chi connectivity index (χ1v) is 15.8. The van der Waals surface area contributed by atoms with Crippen molar-refractivity contribution in [2.45, 2.75) is 78.1 Å². The minimum absolute atomic E-state index is 0.0123. The van der Waals surface area contributed by atoms with Gasteiger partial charge < -0.3 is 31.3 Å². The van der Waals surface area contributed by atoms with Gasteiger partial charge in [0.2, 0.25) is 11.8 Å². The summed E-state index contributed by atoms with van der Waals surface area (Å²) in [7, 11) is 0. The number of carbonyl (C=O) groups is 6. The zero-order chi connectivity index (χ0) is 35.8. The highest BCUT2D eigenvalue weighted by Gasteiger charge is 2.32. The predicted molar refractivity (Wildman–Crippen MR) is 178 cm³/mol. The fraction of sp³-hybridized carbons (Fsp3) is 0.429. The molecular weight excluding hydrogens is 620 g/mol. The molecule has 0 fully saturated rings. The fourth-order valence-corrected chi connectivity index (χ4v) is 4.59. The highest BCUT2D eigenvalue weighted by atomic mass is 16.6. The summed E-state index contributed by atoms with van der Waals surface area (Å²) in [5, 5.41) is 24.0. The monoisotopic (exact) mass is 666 g/mol. The lowest BCUT2D eigenvalue weighted by Crippen LogP contribution is -2.56. The van der Waals surface area contributed by atoms with Gasteiger partial charge in [0.05, 0.1) is 18.6 Å². The van der Waals surface area contributed by atoms with Crippen LogP contribution in [0.1, 0.15) is 64.5 Å². The maximum absolute atomic E-state index is 13.6. The molecular formula is C35H46N4O9. The van der Waals surface area contributed by atoms with Crippen LogP contribution in [0.4, 0.5) is 4.79 Å². The van der Waals surface area contributed by atoms with Gasteiger partial charge in [-0.15, -0.1) is 0 Å². The summed E-state index contributed by atoms with van der Waals surface area (Å²) in [5.41, 5.74) is 7.15.